The molecule has 4 nitrogen and oxygen atoms in total. The predicted molar refractivity (Wildman–Crippen MR) is 79.5 cm³/mol. The minimum absolute atomic E-state index is 0.0695. The molecule has 0 aromatic heterocycles. The van der Waals surface area contributed by atoms with Gasteiger partial charge < -0.3 is 5.73 Å². The molecule has 0 aliphatic rings. The Bertz CT molecular complexity index is 595. The standard InChI is InChI=1S/C11H12Br2N2O2S/c1-4-11(2,3)15-18(16,17)10-8(12)5-7(14)6-9(10)13/h1,5-6,15H,14H2,2-3H3. The van der Waals surface area contributed by atoms with E-state index in [-0.39, 0.29) is 4.90 Å². The number of halogens is 2. The van der Waals surface area contributed by atoms with Crippen LogP contribution in [0.25, 0.3) is 0 Å². The lowest BCUT2D eigenvalue weighted by molar-refractivity contribution is 0.538. The van der Waals surface area contributed by atoms with Crippen LogP contribution in [0.2, 0.25) is 0 Å². The third-order valence-corrected chi connectivity index (χ3v) is 5.57. The molecule has 7 heteroatoms. The van der Waals surface area contributed by atoms with Crippen molar-refractivity contribution >= 4 is 47.6 Å². The van der Waals surface area contributed by atoms with Gasteiger partial charge in [-0.25, -0.2) is 8.42 Å². The minimum atomic E-state index is -3.75. The smallest absolute Gasteiger partial charge is 0.244 e. The molecule has 0 saturated heterocycles. The summed E-state index contributed by atoms with van der Waals surface area (Å²) in [6.07, 6.45) is 5.27. The van der Waals surface area contributed by atoms with Gasteiger partial charge in [-0.15, -0.1) is 6.42 Å². The van der Waals surface area contributed by atoms with Gasteiger partial charge in [0.2, 0.25) is 10.0 Å². The van der Waals surface area contributed by atoms with Gasteiger partial charge in [-0.05, 0) is 57.8 Å². The molecule has 1 aromatic carbocycles. The summed E-state index contributed by atoms with van der Waals surface area (Å²) in [5.74, 6) is 2.37. The number of benzene rings is 1. The van der Waals surface area contributed by atoms with E-state index in [0.717, 1.165) is 0 Å². The Hall–Kier alpha value is -0.550. The number of terminal acetylenes is 1. The Kier molecular flexibility index (Phi) is 4.49. The van der Waals surface area contributed by atoms with Gasteiger partial charge in [-0.2, -0.15) is 4.72 Å². The molecule has 1 aromatic rings. The summed E-state index contributed by atoms with van der Waals surface area (Å²) in [5, 5.41) is 0. The molecular formula is C11H12Br2N2O2S. The van der Waals surface area contributed by atoms with Crippen molar-refractivity contribution in [2.45, 2.75) is 24.3 Å². The first kappa shape index (κ1) is 15.5. The van der Waals surface area contributed by atoms with Crippen LogP contribution < -0.4 is 10.5 Å². The Balaban J connectivity index is 3.36. The molecule has 0 spiro atoms. The zero-order valence-corrected chi connectivity index (χ0v) is 13.8. The summed E-state index contributed by atoms with van der Waals surface area (Å²) in [6.45, 7) is 3.20. The van der Waals surface area contributed by atoms with E-state index in [9.17, 15) is 8.42 Å². The molecule has 0 fully saturated rings. The molecule has 0 heterocycles. The van der Waals surface area contributed by atoms with E-state index in [1.54, 1.807) is 13.8 Å². The van der Waals surface area contributed by atoms with Crippen LogP contribution in [-0.2, 0) is 10.0 Å². The number of sulfonamides is 1. The van der Waals surface area contributed by atoms with Gasteiger partial charge in [-0.1, -0.05) is 5.92 Å². The first-order valence-corrected chi connectivity index (χ1v) is 7.92. The van der Waals surface area contributed by atoms with Gasteiger partial charge in [0.05, 0.1) is 5.54 Å². The second-order valence-electron chi connectivity index (χ2n) is 4.19. The van der Waals surface area contributed by atoms with Gasteiger partial charge >= 0.3 is 0 Å². The molecule has 0 amide bonds. The highest BCUT2D eigenvalue weighted by atomic mass is 79.9. The Morgan fingerprint density at radius 3 is 2.17 bits per heavy atom. The van der Waals surface area contributed by atoms with Crippen molar-refractivity contribution in [3.8, 4) is 12.3 Å². The summed E-state index contributed by atoms with van der Waals surface area (Å²) < 4.78 is 27.7. The Labute approximate surface area is 124 Å². The number of rotatable bonds is 3. The summed E-state index contributed by atoms with van der Waals surface area (Å²) in [7, 11) is -3.75. The van der Waals surface area contributed by atoms with Crippen molar-refractivity contribution in [2.75, 3.05) is 5.73 Å². The molecule has 0 aliphatic carbocycles. The number of anilines is 1. The summed E-state index contributed by atoms with van der Waals surface area (Å²) in [4.78, 5) is 0.0695. The molecule has 0 unspecified atom stereocenters. The summed E-state index contributed by atoms with van der Waals surface area (Å²) in [6, 6.07) is 3.03. The third-order valence-electron chi connectivity index (χ3n) is 2.04. The van der Waals surface area contributed by atoms with E-state index in [4.69, 9.17) is 12.2 Å². The molecule has 18 heavy (non-hydrogen) atoms. The Morgan fingerprint density at radius 2 is 1.78 bits per heavy atom. The van der Waals surface area contributed by atoms with Crippen LogP contribution in [0.5, 0.6) is 0 Å². The molecule has 3 N–H and O–H groups in total. The molecule has 0 aliphatic heterocycles. The lowest BCUT2D eigenvalue weighted by atomic mass is 10.1. The van der Waals surface area contributed by atoms with E-state index >= 15 is 0 Å². The fourth-order valence-corrected chi connectivity index (χ4v) is 5.22. The lowest BCUT2D eigenvalue weighted by Gasteiger charge is -2.20. The van der Waals surface area contributed by atoms with Crippen molar-refractivity contribution in [2.24, 2.45) is 0 Å². The average molecular weight is 396 g/mol. The normalized spacial score (nSPS) is 12.2. The predicted octanol–water partition coefficient (Wildman–Crippen LogP) is 2.48. The van der Waals surface area contributed by atoms with E-state index in [1.165, 1.54) is 12.1 Å². The van der Waals surface area contributed by atoms with Crippen LogP contribution in [0.15, 0.2) is 26.0 Å². The topological polar surface area (TPSA) is 72.2 Å². The highest BCUT2D eigenvalue weighted by Gasteiger charge is 2.28. The van der Waals surface area contributed by atoms with Gasteiger partial charge in [-0.3, -0.25) is 0 Å². The van der Waals surface area contributed by atoms with Gasteiger partial charge in [0.15, 0.2) is 0 Å². The van der Waals surface area contributed by atoms with Gasteiger partial charge in [0.1, 0.15) is 4.90 Å². The summed E-state index contributed by atoms with van der Waals surface area (Å²) in [5.41, 5.74) is 5.09. The quantitative estimate of drug-likeness (QED) is 0.609. The monoisotopic (exact) mass is 394 g/mol. The first-order chi connectivity index (χ1) is 8.09. The maximum absolute atomic E-state index is 12.3. The van der Waals surface area contributed by atoms with Crippen LogP contribution in [0.4, 0.5) is 5.69 Å². The minimum Gasteiger partial charge on any atom is -0.399 e. The van der Waals surface area contributed by atoms with E-state index < -0.39 is 15.6 Å². The van der Waals surface area contributed by atoms with Crippen molar-refractivity contribution in [1.29, 1.82) is 0 Å². The first-order valence-electron chi connectivity index (χ1n) is 4.85. The molecule has 0 bridgehead atoms. The lowest BCUT2D eigenvalue weighted by Crippen LogP contribution is -2.42. The van der Waals surface area contributed by atoms with E-state index in [1.807, 2.05) is 0 Å². The second-order valence-corrected chi connectivity index (χ2v) is 7.52. The zero-order valence-electron chi connectivity index (χ0n) is 9.79. The van der Waals surface area contributed by atoms with Crippen molar-refractivity contribution in [1.82, 2.24) is 4.72 Å². The summed E-state index contributed by atoms with van der Waals surface area (Å²) >= 11 is 6.36. The highest BCUT2D eigenvalue weighted by molar-refractivity contribution is 9.11. The molecule has 98 valence electrons. The fraction of sp³-hybridized carbons (Fsp3) is 0.273. The number of hydrogen-bond acceptors (Lipinski definition) is 3. The maximum atomic E-state index is 12.3. The Morgan fingerprint density at radius 1 is 1.33 bits per heavy atom. The third kappa shape index (κ3) is 3.48. The van der Waals surface area contributed by atoms with E-state index in [0.29, 0.717) is 14.6 Å². The van der Waals surface area contributed by atoms with Gasteiger partial charge in [0.25, 0.3) is 0 Å². The highest BCUT2D eigenvalue weighted by Crippen LogP contribution is 2.32. The van der Waals surface area contributed by atoms with Crippen molar-refractivity contribution in [3.05, 3.63) is 21.1 Å². The zero-order chi connectivity index (χ0) is 14.1. The van der Waals surface area contributed by atoms with Crippen molar-refractivity contribution in [3.63, 3.8) is 0 Å². The maximum Gasteiger partial charge on any atom is 0.244 e. The number of nitrogens with two attached hydrogens (primary N) is 1. The number of nitrogens with one attached hydrogen (secondary N) is 1. The molecular weight excluding hydrogens is 384 g/mol. The van der Waals surface area contributed by atoms with Crippen LogP contribution >= 0.6 is 31.9 Å². The molecule has 0 atom stereocenters. The van der Waals surface area contributed by atoms with Gasteiger partial charge in [0, 0.05) is 14.6 Å². The van der Waals surface area contributed by atoms with Crippen LogP contribution in [0, 0.1) is 12.3 Å². The molecule has 1 rings (SSSR count). The van der Waals surface area contributed by atoms with Crippen molar-refractivity contribution < 1.29 is 8.42 Å². The van der Waals surface area contributed by atoms with E-state index in [2.05, 4.69) is 42.5 Å². The second kappa shape index (κ2) is 5.21. The molecule has 0 radical (unpaired) electrons. The molecule has 0 saturated carbocycles. The average Bonchev–Trinajstić information content (AvgIpc) is 2.13. The SMILES string of the molecule is C#CC(C)(C)NS(=O)(=O)c1c(Br)cc(N)cc1Br. The number of hydrogen-bond donors (Lipinski definition) is 2. The van der Waals surface area contributed by atoms with Crippen LogP contribution in [-0.4, -0.2) is 14.0 Å². The largest absolute Gasteiger partial charge is 0.399 e. The van der Waals surface area contributed by atoms with Crippen LogP contribution in [0.1, 0.15) is 13.8 Å². The van der Waals surface area contributed by atoms with Crippen LogP contribution in [0.3, 0.4) is 0 Å². The number of nitrogen functional groups attached to an aromatic ring is 1. The fourth-order valence-electron chi connectivity index (χ4n) is 1.25.